The number of rotatable bonds is 8. The third kappa shape index (κ3) is 5.85. The van der Waals surface area contributed by atoms with Crippen LogP contribution in [0.1, 0.15) is 25.8 Å². The highest BCUT2D eigenvalue weighted by Gasteiger charge is 2.31. The van der Waals surface area contributed by atoms with Gasteiger partial charge in [0.25, 0.3) is 25.6 Å². The third-order valence-electron chi connectivity index (χ3n) is 6.70. The summed E-state index contributed by atoms with van der Waals surface area (Å²) < 4.78 is 83.2. The summed E-state index contributed by atoms with van der Waals surface area (Å²) in [5.74, 6) is -0.623. The molecular formula is C27H27N5O8S3. The van der Waals surface area contributed by atoms with E-state index in [4.69, 9.17) is 0 Å². The van der Waals surface area contributed by atoms with Crippen molar-refractivity contribution in [3.8, 4) is 5.75 Å². The lowest BCUT2D eigenvalue weighted by Gasteiger charge is -2.21. The minimum atomic E-state index is -4.48. The Balaban J connectivity index is 1.53. The summed E-state index contributed by atoms with van der Waals surface area (Å²) in [5, 5.41) is 14.1. The highest BCUT2D eigenvalue weighted by molar-refractivity contribution is 7.93. The van der Waals surface area contributed by atoms with Gasteiger partial charge in [0.2, 0.25) is 0 Å². The number of anilines is 2. The predicted octanol–water partition coefficient (Wildman–Crippen LogP) is 2.91. The van der Waals surface area contributed by atoms with E-state index in [2.05, 4.69) is 19.4 Å². The lowest BCUT2D eigenvalue weighted by atomic mass is 10.1. The smallest absolute Gasteiger partial charge is 0.286 e. The van der Waals surface area contributed by atoms with Crippen LogP contribution in [-0.4, -0.2) is 52.0 Å². The molecule has 226 valence electrons. The van der Waals surface area contributed by atoms with Gasteiger partial charge in [-0.05, 0) is 66.9 Å². The van der Waals surface area contributed by atoms with Crippen molar-refractivity contribution in [2.75, 3.05) is 16.3 Å². The van der Waals surface area contributed by atoms with Crippen LogP contribution in [0.4, 0.5) is 11.4 Å². The lowest BCUT2D eigenvalue weighted by Crippen LogP contribution is -2.33. The standard InChI is InChI=1S/C27H27N5O8S3/c1-16(2)12-14-32-26-20(5-4-13-28-26)24(33)23(27(32)34)25-29-21-11-6-17(15-22(21)43(39,40)31-25)30-42(37,38)19-9-7-18(8-10-19)41(3,35)36/h4-11,13,15-16,30,33H,12,14H2,1-3H3,(H,29,31). The molecule has 0 saturated carbocycles. The molecule has 16 heteroatoms. The van der Waals surface area contributed by atoms with Crippen molar-refractivity contribution in [3.05, 3.63) is 76.7 Å². The molecule has 0 saturated heterocycles. The number of pyridine rings is 2. The molecule has 1 aliphatic heterocycles. The summed E-state index contributed by atoms with van der Waals surface area (Å²) >= 11 is 0. The first kappa shape index (κ1) is 30.2. The van der Waals surface area contributed by atoms with Gasteiger partial charge in [-0.2, -0.15) is 8.42 Å². The molecule has 0 radical (unpaired) electrons. The quantitative estimate of drug-likeness (QED) is 0.256. The molecular weight excluding hydrogens is 619 g/mol. The van der Waals surface area contributed by atoms with Crippen molar-refractivity contribution < 1.29 is 30.4 Å². The number of benzene rings is 2. The topological polar surface area (TPSA) is 194 Å². The Morgan fingerprint density at radius 3 is 2.35 bits per heavy atom. The molecule has 0 atom stereocenters. The molecule has 1 aliphatic rings. The van der Waals surface area contributed by atoms with Crippen molar-refractivity contribution >= 4 is 58.1 Å². The van der Waals surface area contributed by atoms with Gasteiger partial charge in [-0.25, -0.2) is 21.8 Å². The molecule has 3 heterocycles. The fourth-order valence-electron chi connectivity index (χ4n) is 4.48. The molecule has 43 heavy (non-hydrogen) atoms. The molecule has 0 bridgehead atoms. The molecule has 0 aliphatic carbocycles. The van der Waals surface area contributed by atoms with Gasteiger partial charge >= 0.3 is 0 Å². The van der Waals surface area contributed by atoms with Crippen LogP contribution >= 0.6 is 0 Å². The first-order valence-electron chi connectivity index (χ1n) is 12.9. The van der Waals surface area contributed by atoms with Crippen LogP contribution in [0, 0.1) is 5.92 Å². The summed E-state index contributed by atoms with van der Waals surface area (Å²) in [6.45, 7) is 4.25. The molecule has 13 nitrogen and oxygen atoms in total. The molecule has 0 spiro atoms. The molecule has 0 fully saturated rings. The zero-order valence-corrected chi connectivity index (χ0v) is 25.6. The van der Waals surface area contributed by atoms with E-state index in [1.54, 1.807) is 12.1 Å². The van der Waals surface area contributed by atoms with Crippen LogP contribution in [0.3, 0.4) is 0 Å². The van der Waals surface area contributed by atoms with E-state index >= 15 is 0 Å². The van der Waals surface area contributed by atoms with E-state index in [1.165, 1.54) is 22.9 Å². The van der Waals surface area contributed by atoms with Gasteiger partial charge in [0, 0.05) is 19.0 Å². The highest BCUT2D eigenvalue weighted by atomic mass is 32.2. The number of amidine groups is 1. The first-order valence-corrected chi connectivity index (χ1v) is 17.7. The largest absolute Gasteiger partial charge is 0.506 e. The maximum absolute atomic E-state index is 13.6. The van der Waals surface area contributed by atoms with E-state index < -0.39 is 47.0 Å². The normalized spacial score (nSPS) is 14.7. The third-order valence-corrected chi connectivity index (χ3v) is 10.5. The Kier molecular flexibility index (Phi) is 7.56. The monoisotopic (exact) mass is 645 g/mol. The molecule has 0 unspecified atom stereocenters. The van der Waals surface area contributed by atoms with Crippen LogP contribution in [0.25, 0.3) is 11.0 Å². The summed E-state index contributed by atoms with van der Waals surface area (Å²) in [4.78, 5) is 17.2. The summed E-state index contributed by atoms with van der Waals surface area (Å²) in [5.41, 5.74) is -0.881. The second kappa shape index (κ2) is 10.8. The number of hydrogen-bond donors (Lipinski definition) is 3. The Bertz CT molecular complexity index is 2190. The number of sulfonamides is 2. The second-order valence-electron chi connectivity index (χ2n) is 10.3. The molecule has 2 aromatic carbocycles. The minimum absolute atomic E-state index is 0.00395. The van der Waals surface area contributed by atoms with Gasteiger partial charge in [-0.3, -0.25) is 14.1 Å². The fraction of sp³-hybridized carbons (Fsp3) is 0.222. The van der Waals surface area contributed by atoms with Crippen LogP contribution in [0.2, 0.25) is 0 Å². The minimum Gasteiger partial charge on any atom is -0.506 e. The van der Waals surface area contributed by atoms with E-state index in [9.17, 15) is 35.2 Å². The van der Waals surface area contributed by atoms with Gasteiger partial charge < -0.3 is 10.4 Å². The second-order valence-corrected chi connectivity index (χ2v) is 15.6. The number of hydrogen-bond acceptors (Lipinski definition) is 10. The lowest BCUT2D eigenvalue weighted by molar-refractivity contribution is 0.473. The van der Waals surface area contributed by atoms with Crippen LogP contribution in [-0.2, 0) is 36.4 Å². The number of aromatic hydroxyl groups is 1. The predicted molar refractivity (Wildman–Crippen MR) is 161 cm³/mol. The summed E-state index contributed by atoms with van der Waals surface area (Å²) in [6.07, 6.45) is 3.10. The van der Waals surface area contributed by atoms with E-state index in [0.717, 1.165) is 36.6 Å². The Morgan fingerprint density at radius 2 is 1.70 bits per heavy atom. The average Bonchev–Trinajstić information content (AvgIpc) is 2.92. The van der Waals surface area contributed by atoms with E-state index in [0.29, 0.717) is 6.42 Å². The van der Waals surface area contributed by atoms with Gasteiger partial charge in [-0.1, -0.05) is 13.8 Å². The molecule has 4 aromatic rings. The number of fused-ring (bicyclic) bond motifs is 2. The van der Waals surface area contributed by atoms with Crippen molar-refractivity contribution in [1.82, 2.24) is 9.55 Å². The van der Waals surface area contributed by atoms with Crippen molar-refractivity contribution in [3.63, 3.8) is 0 Å². The fourth-order valence-corrected chi connectivity index (χ4v) is 7.31. The zero-order valence-electron chi connectivity index (χ0n) is 23.1. The summed E-state index contributed by atoms with van der Waals surface area (Å²) in [6, 6.07) is 11.3. The van der Waals surface area contributed by atoms with E-state index in [1.807, 2.05) is 13.8 Å². The number of aromatic nitrogens is 2. The van der Waals surface area contributed by atoms with Gasteiger partial charge in [0.15, 0.2) is 15.7 Å². The van der Waals surface area contributed by atoms with Crippen LogP contribution in [0.15, 0.2) is 84.7 Å². The van der Waals surface area contributed by atoms with Crippen LogP contribution < -0.4 is 15.6 Å². The van der Waals surface area contributed by atoms with Crippen LogP contribution in [0.5, 0.6) is 5.75 Å². The number of nitrogens with one attached hydrogen (secondary N) is 2. The Labute approximate surface area is 248 Å². The number of aryl methyl sites for hydroxylation is 1. The van der Waals surface area contributed by atoms with Crippen molar-refractivity contribution in [2.24, 2.45) is 10.3 Å². The molecule has 0 amide bonds. The van der Waals surface area contributed by atoms with E-state index in [-0.39, 0.29) is 55.1 Å². The SMILES string of the molecule is CC(C)CCn1c(=O)c(C2=NS(=O)(=O)c3cc(NS(=O)(=O)c4ccc(S(C)(=O)=O)cc4)ccc3N2)c(O)c2cccnc21. The maximum atomic E-state index is 13.6. The zero-order chi connectivity index (χ0) is 31.3. The number of sulfone groups is 1. The average molecular weight is 646 g/mol. The molecule has 5 rings (SSSR count). The Hall–Kier alpha value is -4.28. The first-order chi connectivity index (χ1) is 20.1. The summed E-state index contributed by atoms with van der Waals surface area (Å²) in [7, 11) is -12.2. The highest BCUT2D eigenvalue weighted by Crippen LogP contribution is 2.34. The molecule has 2 aromatic heterocycles. The van der Waals surface area contributed by atoms with Gasteiger partial charge in [-0.15, -0.1) is 4.40 Å². The molecule has 3 N–H and O–H groups in total. The number of nitrogens with zero attached hydrogens (tertiary/aromatic N) is 3. The maximum Gasteiger partial charge on any atom is 0.286 e. The van der Waals surface area contributed by atoms with Gasteiger partial charge in [0.05, 0.1) is 26.6 Å². The Morgan fingerprint density at radius 1 is 1.02 bits per heavy atom. The van der Waals surface area contributed by atoms with Crippen molar-refractivity contribution in [1.29, 1.82) is 0 Å². The van der Waals surface area contributed by atoms with Crippen molar-refractivity contribution in [2.45, 2.75) is 41.5 Å². The van der Waals surface area contributed by atoms with Gasteiger partial charge in [0.1, 0.15) is 21.9 Å².